The molecule has 2 amide bonds. The van der Waals surface area contributed by atoms with E-state index in [1.807, 2.05) is 21.7 Å². The van der Waals surface area contributed by atoms with Crippen molar-refractivity contribution in [1.82, 2.24) is 25.2 Å². The average Bonchev–Trinajstić information content (AvgIpc) is 3.29. The number of aromatic nitrogens is 3. The first kappa shape index (κ1) is 16.1. The first-order valence-electron chi connectivity index (χ1n) is 8.84. The molecule has 25 heavy (non-hydrogen) atoms. The van der Waals surface area contributed by atoms with E-state index in [0.29, 0.717) is 19.7 Å². The molecule has 2 aliphatic rings. The van der Waals surface area contributed by atoms with Gasteiger partial charge in [0, 0.05) is 25.2 Å². The zero-order chi connectivity index (χ0) is 17.2. The number of hydrogen-bond acceptors (Lipinski definition) is 4. The number of aryl methyl sites for hydroxylation is 1. The van der Waals surface area contributed by atoms with E-state index in [-0.39, 0.29) is 12.1 Å². The highest BCUT2D eigenvalue weighted by molar-refractivity contribution is 5.74. The van der Waals surface area contributed by atoms with Crippen LogP contribution in [-0.2, 0) is 17.9 Å². The molecule has 4 rings (SSSR count). The van der Waals surface area contributed by atoms with Crippen LogP contribution >= 0.6 is 0 Å². The molecule has 0 bridgehead atoms. The van der Waals surface area contributed by atoms with Crippen LogP contribution in [0.4, 0.5) is 4.79 Å². The zero-order valence-corrected chi connectivity index (χ0v) is 14.4. The normalized spacial score (nSPS) is 19.7. The number of nitrogens with zero attached hydrogens (tertiary/aromatic N) is 4. The van der Waals surface area contributed by atoms with Crippen LogP contribution < -0.4 is 5.32 Å². The third kappa shape index (κ3) is 3.37. The summed E-state index contributed by atoms with van der Waals surface area (Å²) in [6, 6.07) is 8.24. The fraction of sp³-hybridized carbons (Fsp3) is 0.500. The maximum absolute atomic E-state index is 12.1. The van der Waals surface area contributed by atoms with Crippen molar-refractivity contribution >= 4 is 6.03 Å². The van der Waals surface area contributed by atoms with Crippen molar-refractivity contribution in [2.45, 2.75) is 39.0 Å². The summed E-state index contributed by atoms with van der Waals surface area (Å²) < 4.78 is 7.83. The van der Waals surface area contributed by atoms with Crippen LogP contribution in [0.5, 0.6) is 0 Å². The maximum Gasteiger partial charge on any atom is 0.317 e. The summed E-state index contributed by atoms with van der Waals surface area (Å²) in [5.74, 6) is 0. The van der Waals surface area contributed by atoms with Crippen LogP contribution in [0.3, 0.4) is 0 Å². The number of fused-ring (bicyclic) bond motifs is 1. The first-order valence-corrected chi connectivity index (χ1v) is 8.84. The third-order valence-electron chi connectivity index (χ3n) is 4.84. The van der Waals surface area contributed by atoms with Crippen LogP contribution in [0.25, 0.3) is 11.3 Å². The van der Waals surface area contributed by atoms with Gasteiger partial charge in [0.2, 0.25) is 0 Å². The second-order valence-corrected chi connectivity index (χ2v) is 6.75. The van der Waals surface area contributed by atoms with Gasteiger partial charge in [-0.05, 0) is 25.8 Å². The van der Waals surface area contributed by atoms with Gasteiger partial charge in [0.15, 0.2) is 0 Å². The smallest absolute Gasteiger partial charge is 0.317 e. The van der Waals surface area contributed by atoms with E-state index in [2.05, 4.69) is 34.7 Å². The molecule has 3 heterocycles. The lowest BCUT2D eigenvalue weighted by atomic mass is 10.1. The van der Waals surface area contributed by atoms with Gasteiger partial charge in [-0.25, -0.2) is 9.48 Å². The van der Waals surface area contributed by atoms with Crippen molar-refractivity contribution < 1.29 is 9.53 Å². The Bertz CT molecular complexity index is 767. The Hall–Kier alpha value is -2.41. The van der Waals surface area contributed by atoms with E-state index in [4.69, 9.17) is 4.74 Å². The Kier molecular flexibility index (Phi) is 4.40. The van der Waals surface area contributed by atoms with E-state index in [0.717, 1.165) is 42.9 Å². The van der Waals surface area contributed by atoms with Gasteiger partial charge < -0.3 is 15.0 Å². The summed E-state index contributed by atoms with van der Waals surface area (Å²) >= 11 is 0. The fourth-order valence-electron chi connectivity index (χ4n) is 3.44. The maximum atomic E-state index is 12.1. The molecule has 1 aromatic carbocycles. The highest BCUT2D eigenvalue weighted by Gasteiger charge is 2.25. The second-order valence-electron chi connectivity index (χ2n) is 6.75. The Balaban J connectivity index is 1.40. The van der Waals surface area contributed by atoms with Crippen molar-refractivity contribution in [3.63, 3.8) is 0 Å². The molecule has 2 aliphatic heterocycles. The molecule has 1 fully saturated rings. The van der Waals surface area contributed by atoms with Crippen LogP contribution in [0.2, 0.25) is 0 Å². The molecule has 132 valence electrons. The summed E-state index contributed by atoms with van der Waals surface area (Å²) in [5.41, 5.74) is 4.13. The van der Waals surface area contributed by atoms with Gasteiger partial charge in [0.25, 0.3) is 0 Å². The highest BCUT2D eigenvalue weighted by atomic mass is 16.5. The standard InChI is InChI=1S/C18H23N5O2/c1-13-5-4-6-14(9-13)17-16-12-25-15(11-23(16)21-20-17)10-19-18(24)22-7-2-3-8-22/h4-6,9,15H,2-3,7-8,10-12H2,1H3,(H,19,24). The number of carbonyl (C=O) groups is 1. The third-order valence-corrected chi connectivity index (χ3v) is 4.84. The molecular formula is C18H23N5O2. The lowest BCUT2D eigenvalue weighted by molar-refractivity contribution is 0.00240. The summed E-state index contributed by atoms with van der Waals surface area (Å²) in [7, 11) is 0. The lowest BCUT2D eigenvalue weighted by Gasteiger charge is -2.25. The minimum atomic E-state index is -0.0777. The van der Waals surface area contributed by atoms with E-state index >= 15 is 0 Å². The van der Waals surface area contributed by atoms with Gasteiger partial charge in [0.1, 0.15) is 5.69 Å². The summed E-state index contributed by atoms with van der Waals surface area (Å²) in [5, 5.41) is 11.6. The number of carbonyl (C=O) groups excluding carboxylic acids is 1. The zero-order valence-electron chi connectivity index (χ0n) is 14.4. The Morgan fingerprint density at radius 2 is 2.20 bits per heavy atom. The quantitative estimate of drug-likeness (QED) is 0.926. The molecular weight excluding hydrogens is 318 g/mol. The predicted octanol–water partition coefficient (Wildman–Crippen LogP) is 1.96. The van der Waals surface area contributed by atoms with E-state index in [1.54, 1.807) is 0 Å². The summed E-state index contributed by atoms with van der Waals surface area (Å²) in [6.45, 7) is 5.33. The topological polar surface area (TPSA) is 72.3 Å². The number of hydrogen-bond donors (Lipinski definition) is 1. The van der Waals surface area contributed by atoms with Crippen molar-refractivity contribution in [2.24, 2.45) is 0 Å². The number of ether oxygens (including phenoxy) is 1. The number of rotatable bonds is 3. The summed E-state index contributed by atoms with van der Waals surface area (Å²) in [4.78, 5) is 13.9. The van der Waals surface area contributed by atoms with Gasteiger partial charge in [-0.2, -0.15) is 0 Å². The average molecular weight is 341 g/mol. The molecule has 7 nitrogen and oxygen atoms in total. The molecule has 0 spiro atoms. The minimum Gasteiger partial charge on any atom is -0.368 e. The monoisotopic (exact) mass is 341 g/mol. The second kappa shape index (κ2) is 6.84. The molecule has 1 N–H and O–H groups in total. The number of benzene rings is 1. The molecule has 7 heteroatoms. The van der Waals surface area contributed by atoms with Crippen LogP contribution in [0, 0.1) is 6.92 Å². The lowest BCUT2D eigenvalue weighted by Crippen LogP contribution is -2.44. The van der Waals surface area contributed by atoms with Crippen molar-refractivity contribution in [2.75, 3.05) is 19.6 Å². The van der Waals surface area contributed by atoms with Gasteiger partial charge in [-0.3, -0.25) is 0 Å². The molecule has 0 aliphatic carbocycles. The molecule has 0 radical (unpaired) electrons. The molecule has 2 aromatic rings. The van der Waals surface area contributed by atoms with Gasteiger partial charge in [-0.15, -0.1) is 5.10 Å². The SMILES string of the molecule is Cc1cccc(-c2nnn3c2COC(CNC(=O)N2CCCC2)C3)c1. The van der Waals surface area contributed by atoms with Gasteiger partial charge in [0.05, 0.1) is 24.9 Å². The molecule has 1 saturated heterocycles. The van der Waals surface area contributed by atoms with Crippen molar-refractivity contribution in [1.29, 1.82) is 0 Å². The fourth-order valence-corrected chi connectivity index (χ4v) is 3.44. The number of nitrogens with one attached hydrogen (secondary N) is 1. The molecule has 1 unspecified atom stereocenters. The van der Waals surface area contributed by atoms with E-state index in [9.17, 15) is 4.79 Å². The highest BCUT2D eigenvalue weighted by Crippen LogP contribution is 2.25. The van der Waals surface area contributed by atoms with E-state index in [1.165, 1.54) is 5.56 Å². The van der Waals surface area contributed by atoms with Gasteiger partial charge in [-0.1, -0.05) is 29.0 Å². The molecule has 1 atom stereocenters. The Morgan fingerprint density at radius 3 is 3.00 bits per heavy atom. The molecule has 0 saturated carbocycles. The molecule has 1 aromatic heterocycles. The number of likely N-dealkylation sites (tertiary alicyclic amines) is 1. The number of amides is 2. The first-order chi connectivity index (χ1) is 12.2. The summed E-state index contributed by atoms with van der Waals surface area (Å²) in [6.07, 6.45) is 2.11. The van der Waals surface area contributed by atoms with Crippen LogP contribution in [0.1, 0.15) is 24.1 Å². The largest absolute Gasteiger partial charge is 0.368 e. The minimum absolute atomic E-state index is 0.00550. The number of urea groups is 1. The predicted molar refractivity (Wildman–Crippen MR) is 93.0 cm³/mol. The van der Waals surface area contributed by atoms with Crippen LogP contribution in [0.15, 0.2) is 24.3 Å². The Morgan fingerprint density at radius 1 is 1.36 bits per heavy atom. The van der Waals surface area contributed by atoms with Crippen molar-refractivity contribution in [3.8, 4) is 11.3 Å². The van der Waals surface area contributed by atoms with E-state index < -0.39 is 0 Å². The van der Waals surface area contributed by atoms with Crippen LogP contribution in [-0.4, -0.2) is 51.7 Å². The van der Waals surface area contributed by atoms with Crippen molar-refractivity contribution in [3.05, 3.63) is 35.5 Å². The Labute approximate surface area is 147 Å². The van der Waals surface area contributed by atoms with Gasteiger partial charge >= 0.3 is 6.03 Å².